The molecule has 1 N–H and O–H groups in total. The van der Waals surface area contributed by atoms with Gasteiger partial charge in [0.05, 0.1) is 11.4 Å². The summed E-state index contributed by atoms with van der Waals surface area (Å²) in [4.78, 5) is 13.1. The predicted octanol–water partition coefficient (Wildman–Crippen LogP) is 3.06. The monoisotopic (exact) mass is 298 g/mol. The van der Waals surface area contributed by atoms with Crippen LogP contribution in [0.3, 0.4) is 0 Å². The Morgan fingerprint density at radius 1 is 1.18 bits per heavy atom. The average Bonchev–Trinajstić information content (AvgIpc) is 2.92. The average molecular weight is 298 g/mol. The largest absolute Gasteiger partial charge is 0.508 e. The first-order valence-electron chi connectivity index (χ1n) is 7.91. The topological polar surface area (TPSA) is 47.2 Å². The van der Waals surface area contributed by atoms with E-state index in [4.69, 9.17) is 0 Å². The highest BCUT2D eigenvalue weighted by Crippen LogP contribution is 2.66. The zero-order chi connectivity index (χ0) is 15.9. The maximum Gasteiger partial charge on any atom is 0.275 e. The molecule has 2 aliphatic carbocycles. The van der Waals surface area contributed by atoms with Gasteiger partial charge in [0.15, 0.2) is 0 Å². The summed E-state index contributed by atoms with van der Waals surface area (Å²) in [5, 5.41) is 9.47. The summed E-state index contributed by atoms with van der Waals surface area (Å²) in [6.07, 6.45) is 2.25. The molecule has 0 amide bonds. The number of fused-ring (bicyclic) bond motifs is 5. The molecule has 4 rings (SSSR count). The molecule has 116 valence electrons. The van der Waals surface area contributed by atoms with Crippen LogP contribution < -0.4 is 5.56 Å². The molecule has 1 heterocycles. The third kappa shape index (κ3) is 1.32. The highest BCUT2D eigenvalue weighted by molar-refractivity contribution is 5.47. The normalized spacial score (nSPS) is 28.1. The van der Waals surface area contributed by atoms with Crippen LogP contribution in [-0.2, 0) is 12.5 Å². The van der Waals surface area contributed by atoms with Gasteiger partial charge in [-0.25, -0.2) is 4.68 Å². The molecule has 2 atom stereocenters. The zero-order valence-corrected chi connectivity index (χ0v) is 13.6. The van der Waals surface area contributed by atoms with E-state index in [1.807, 2.05) is 11.7 Å². The van der Waals surface area contributed by atoms with Crippen molar-refractivity contribution in [2.24, 2.45) is 12.5 Å². The quantitative estimate of drug-likeness (QED) is 0.879. The summed E-state index contributed by atoms with van der Waals surface area (Å²) < 4.78 is 3.78. The van der Waals surface area contributed by atoms with Gasteiger partial charge < -0.3 is 5.11 Å². The van der Waals surface area contributed by atoms with Crippen LogP contribution in [0.15, 0.2) is 29.1 Å². The Bertz CT molecular complexity index is 826. The molecular formula is C18H22N2O2. The van der Waals surface area contributed by atoms with Crippen molar-refractivity contribution >= 4 is 0 Å². The predicted molar refractivity (Wildman–Crippen MR) is 85.8 cm³/mol. The first-order valence-corrected chi connectivity index (χ1v) is 7.91. The second-order valence-corrected chi connectivity index (χ2v) is 7.56. The van der Waals surface area contributed by atoms with Gasteiger partial charge in [0.25, 0.3) is 5.56 Å². The number of aromatic nitrogens is 2. The smallest absolute Gasteiger partial charge is 0.275 e. The zero-order valence-electron chi connectivity index (χ0n) is 13.6. The third-order valence-electron chi connectivity index (χ3n) is 6.49. The van der Waals surface area contributed by atoms with Gasteiger partial charge in [-0.05, 0) is 48.4 Å². The van der Waals surface area contributed by atoms with Crippen molar-refractivity contribution in [1.82, 2.24) is 9.36 Å². The molecule has 1 aromatic carbocycles. The Hall–Kier alpha value is -1.97. The summed E-state index contributed by atoms with van der Waals surface area (Å²) in [6, 6.07) is 6.84. The van der Waals surface area contributed by atoms with E-state index in [0.29, 0.717) is 5.92 Å². The van der Waals surface area contributed by atoms with Gasteiger partial charge in [0, 0.05) is 18.0 Å². The molecule has 2 aromatic rings. The van der Waals surface area contributed by atoms with E-state index >= 15 is 0 Å². The van der Waals surface area contributed by atoms with E-state index < -0.39 is 0 Å². The van der Waals surface area contributed by atoms with Gasteiger partial charge in [0.2, 0.25) is 0 Å². The van der Waals surface area contributed by atoms with Crippen molar-refractivity contribution in [3.63, 3.8) is 0 Å². The summed E-state index contributed by atoms with van der Waals surface area (Å²) in [5.74, 6) is 0.566. The minimum atomic E-state index is 0.0586. The molecule has 4 nitrogen and oxygen atoms in total. The molecule has 4 heteroatoms. The molecule has 2 bridgehead atoms. The molecule has 0 aliphatic heterocycles. The van der Waals surface area contributed by atoms with Crippen LogP contribution in [0.5, 0.6) is 5.75 Å². The molecule has 0 spiro atoms. The lowest BCUT2D eigenvalue weighted by molar-refractivity contribution is 0.218. The number of rotatable bonds is 1. The van der Waals surface area contributed by atoms with Crippen molar-refractivity contribution in [3.05, 3.63) is 45.9 Å². The van der Waals surface area contributed by atoms with Crippen LogP contribution in [0, 0.1) is 5.41 Å². The van der Waals surface area contributed by atoms with Crippen LogP contribution in [0.2, 0.25) is 0 Å². The number of aromatic hydroxyl groups is 1. The highest BCUT2D eigenvalue weighted by atomic mass is 16.3. The lowest BCUT2D eigenvalue weighted by atomic mass is 9.70. The van der Waals surface area contributed by atoms with Crippen molar-refractivity contribution < 1.29 is 5.11 Å². The Balaban J connectivity index is 2.00. The molecule has 1 aromatic heterocycles. The minimum absolute atomic E-state index is 0.0586. The Morgan fingerprint density at radius 2 is 1.82 bits per heavy atom. The second-order valence-electron chi connectivity index (χ2n) is 7.56. The minimum Gasteiger partial charge on any atom is -0.508 e. The molecule has 2 unspecified atom stereocenters. The fourth-order valence-corrected chi connectivity index (χ4v) is 4.91. The molecule has 0 saturated heterocycles. The first kappa shape index (κ1) is 13.7. The van der Waals surface area contributed by atoms with Crippen LogP contribution in [0.1, 0.15) is 50.8 Å². The van der Waals surface area contributed by atoms with Gasteiger partial charge >= 0.3 is 0 Å². The van der Waals surface area contributed by atoms with Crippen LogP contribution in [0.4, 0.5) is 0 Å². The molecule has 1 saturated carbocycles. The van der Waals surface area contributed by atoms with Gasteiger partial charge in [0.1, 0.15) is 5.75 Å². The molecular weight excluding hydrogens is 276 g/mol. The number of phenolic OH excluding ortho intramolecular Hbond substituents is 1. The van der Waals surface area contributed by atoms with Crippen molar-refractivity contribution in [1.29, 1.82) is 0 Å². The van der Waals surface area contributed by atoms with E-state index in [-0.39, 0.29) is 22.1 Å². The van der Waals surface area contributed by atoms with Gasteiger partial charge in [-0.3, -0.25) is 9.48 Å². The van der Waals surface area contributed by atoms with E-state index in [0.717, 1.165) is 24.1 Å². The van der Waals surface area contributed by atoms with Gasteiger partial charge in [-0.1, -0.05) is 20.8 Å². The maximum atomic E-state index is 13.1. The summed E-state index contributed by atoms with van der Waals surface area (Å²) in [5.41, 5.74) is 3.32. The molecule has 1 fully saturated rings. The number of benzene rings is 1. The highest BCUT2D eigenvalue weighted by Gasteiger charge is 2.62. The van der Waals surface area contributed by atoms with E-state index in [9.17, 15) is 9.90 Å². The SMILES string of the molecule is Cn1c2c(c(=O)n1-c1ccc(O)cc1)C1CCC2(C)C1(C)C. The molecule has 0 radical (unpaired) electrons. The van der Waals surface area contributed by atoms with E-state index in [1.54, 1.807) is 28.9 Å². The Labute approximate surface area is 130 Å². The van der Waals surface area contributed by atoms with Crippen LogP contribution >= 0.6 is 0 Å². The fourth-order valence-electron chi connectivity index (χ4n) is 4.91. The first-order chi connectivity index (χ1) is 10.3. The third-order valence-corrected chi connectivity index (χ3v) is 6.49. The number of hydrogen-bond acceptors (Lipinski definition) is 2. The van der Waals surface area contributed by atoms with Gasteiger partial charge in [-0.15, -0.1) is 0 Å². The lowest BCUT2D eigenvalue weighted by Crippen LogP contribution is -2.35. The fraction of sp³-hybridized carbons (Fsp3) is 0.500. The van der Waals surface area contributed by atoms with Crippen LogP contribution in [0.25, 0.3) is 5.69 Å². The number of phenols is 1. The maximum absolute atomic E-state index is 13.1. The summed E-state index contributed by atoms with van der Waals surface area (Å²) >= 11 is 0. The van der Waals surface area contributed by atoms with E-state index in [1.165, 1.54) is 5.69 Å². The summed E-state index contributed by atoms with van der Waals surface area (Å²) in [7, 11) is 1.98. The van der Waals surface area contributed by atoms with Crippen molar-refractivity contribution in [2.75, 3.05) is 0 Å². The second kappa shape index (κ2) is 3.86. The lowest BCUT2D eigenvalue weighted by Gasteiger charge is -2.36. The van der Waals surface area contributed by atoms with Crippen molar-refractivity contribution in [3.8, 4) is 11.4 Å². The van der Waals surface area contributed by atoms with Crippen LogP contribution in [-0.4, -0.2) is 14.5 Å². The Kier molecular flexibility index (Phi) is 2.40. The Morgan fingerprint density at radius 3 is 2.41 bits per heavy atom. The standard InChI is InChI=1S/C18H22N2O2/c1-17(2)13-9-10-18(17,3)15-14(13)16(22)20(19(15)4)11-5-7-12(21)8-6-11/h5-8,13,21H,9-10H2,1-4H3. The van der Waals surface area contributed by atoms with E-state index in [2.05, 4.69) is 20.8 Å². The van der Waals surface area contributed by atoms with Crippen molar-refractivity contribution in [2.45, 2.75) is 44.9 Å². The molecule has 22 heavy (non-hydrogen) atoms. The number of nitrogens with zero attached hydrogens (tertiary/aromatic N) is 2. The van der Waals surface area contributed by atoms with Gasteiger partial charge in [-0.2, -0.15) is 0 Å². The molecule has 2 aliphatic rings. The summed E-state index contributed by atoms with van der Waals surface area (Å²) in [6.45, 7) is 6.91. The number of hydrogen-bond donors (Lipinski definition) is 1.